The third-order valence-electron chi connectivity index (χ3n) is 3.28. The average molecular weight is 445 g/mol. The second-order valence-corrected chi connectivity index (χ2v) is 7.58. The fraction of sp³-hybridized carbons (Fsp3) is 0.111. The number of benzene rings is 2. The number of rotatable bonds is 6. The van der Waals surface area contributed by atoms with Gasteiger partial charge in [-0.1, -0.05) is 39.7 Å². The SMILES string of the molecule is CC(=O)NNc1nc(Nc2cccc(Br)c2)nc(Sc2ccc(C)cc2)n1. The topological polar surface area (TPSA) is 91.8 Å². The van der Waals surface area contributed by atoms with E-state index in [0.29, 0.717) is 11.1 Å². The molecule has 27 heavy (non-hydrogen) atoms. The van der Waals surface area contributed by atoms with Crippen LogP contribution in [0.25, 0.3) is 0 Å². The lowest BCUT2D eigenvalue weighted by molar-refractivity contribution is -0.118. The summed E-state index contributed by atoms with van der Waals surface area (Å²) < 4.78 is 0.937. The van der Waals surface area contributed by atoms with Crippen LogP contribution in [0.4, 0.5) is 17.6 Å². The van der Waals surface area contributed by atoms with Crippen molar-refractivity contribution in [2.45, 2.75) is 23.9 Å². The lowest BCUT2D eigenvalue weighted by atomic mass is 10.2. The standard InChI is InChI=1S/C18H17BrN6OS/c1-11-6-8-15(9-7-11)27-18-22-16(20-14-5-3-4-13(19)10-14)21-17(23-18)25-24-12(2)26/h3-10H,1-2H3,(H,24,26)(H2,20,21,22,23,25). The second-order valence-electron chi connectivity index (χ2n) is 5.62. The van der Waals surface area contributed by atoms with Gasteiger partial charge in [0.05, 0.1) is 0 Å². The van der Waals surface area contributed by atoms with Crippen LogP contribution in [0.3, 0.4) is 0 Å². The van der Waals surface area contributed by atoms with Gasteiger partial charge in [0.2, 0.25) is 17.8 Å². The Morgan fingerprint density at radius 3 is 2.48 bits per heavy atom. The van der Waals surface area contributed by atoms with Crippen LogP contribution in [0.15, 0.2) is 63.1 Å². The lowest BCUT2D eigenvalue weighted by Crippen LogP contribution is -2.28. The van der Waals surface area contributed by atoms with E-state index in [4.69, 9.17) is 0 Å². The van der Waals surface area contributed by atoms with E-state index in [0.717, 1.165) is 15.1 Å². The molecule has 0 bridgehead atoms. The van der Waals surface area contributed by atoms with Crippen molar-refractivity contribution in [1.82, 2.24) is 20.4 Å². The van der Waals surface area contributed by atoms with Crippen molar-refractivity contribution in [2.75, 3.05) is 10.7 Å². The zero-order valence-electron chi connectivity index (χ0n) is 14.7. The Bertz CT molecular complexity index is 951. The minimum absolute atomic E-state index is 0.243. The number of halogens is 1. The van der Waals surface area contributed by atoms with Crippen molar-refractivity contribution >= 4 is 51.2 Å². The molecule has 3 N–H and O–H groups in total. The Kier molecular flexibility index (Phi) is 6.25. The van der Waals surface area contributed by atoms with Crippen LogP contribution in [-0.4, -0.2) is 20.9 Å². The van der Waals surface area contributed by atoms with Crippen LogP contribution in [0.2, 0.25) is 0 Å². The number of anilines is 3. The molecule has 0 aliphatic rings. The Morgan fingerprint density at radius 2 is 1.78 bits per heavy atom. The molecule has 1 aromatic heterocycles. The van der Waals surface area contributed by atoms with E-state index in [-0.39, 0.29) is 11.9 Å². The highest BCUT2D eigenvalue weighted by Crippen LogP contribution is 2.27. The maximum absolute atomic E-state index is 11.2. The molecule has 0 atom stereocenters. The summed E-state index contributed by atoms with van der Waals surface area (Å²) in [5.41, 5.74) is 7.17. The van der Waals surface area contributed by atoms with Crippen molar-refractivity contribution in [3.63, 3.8) is 0 Å². The highest BCUT2D eigenvalue weighted by atomic mass is 79.9. The molecular formula is C18H17BrN6OS. The van der Waals surface area contributed by atoms with Gasteiger partial charge in [0, 0.05) is 22.0 Å². The molecule has 0 aliphatic heterocycles. The fourth-order valence-electron chi connectivity index (χ4n) is 2.06. The van der Waals surface area contributed by atoms with Gasteiger partial charge in [-0.15, -0.1) is 0 Å². The van der Waals surface area contributed by atoms with E-state index in [9.17, 15) is 4.79 Å². The summed E-state index contributed by atoms with van der Waals surface area (Å²) >= 11 is 4.85. The summed E-state index contributed by atoms with van der Waals surface area (Å²) in [6.45, 7) is 3.43. The normalized spacial score (nSPS) is 10.3. The lowest BCUT2D eigenvalue weighted by Gasteiger charge is -2.10. The number of carbonyl (C=O) groups excluding carboxylic acids is 1. The van der Waals surface area contributed by atoms with Gasteiger partial charge in [0.25, 0.3) is 0 Å². The summed E-state index contributed by atoms with van der Waals surface area (Å²) in [7, 11) is 0. The molecule has 0 unspecified atom stereocenters. The Morgan fingerprint density at radius 1 is 1.04 bits per heavy atom. The molecule has 0 aliphatic carbocycles. The first-order valence-electron chi connectivity index (χ1n) is 8.04. The van der Waals surface area contributed by atoms with Gasteiger partial charge in [-0.3, -0.25) is 15.6 Å². The number of hydrazine groups is 1. The van der Waals surface area contributed by atoms with Crippen LogP contribution >= 0.6 is 27.7 Å². The summed E-state index contributed by atoms with van der Waals surface area (Å²) in [4.78, 5) is 25.3. The minimum Gasteiger partial charge on any atom is -0.324 e. The predicted octanol–water partition coefficient (Wildman–Crippen LogP) is 4.30. The molecule has 138 valence electrons. The molecule has 0 saturated carbocycles. The van der Waals surface area contributed by atoms with Gasteiger partial charge in [-0.2, -0.15) is 15.0 Å². The summed E-state index contributed by atoms with van der Waals surface area (Å²) in [6, 6.07) is 15.7. The van der Waals surface area contributed by atoms with Crippen molar-refractivity contribution in [3.8, 4) is 0 Å². The number of hydrogen-bond donors (Lipinski definition) is 3. The van der Waals surface area contributed by atoms with E-state index in [1.807, 2.05) is 55.5 Å². The number of carbonyl (C=O) groups is 1. The second kappa shape index (κ2) is 8.83. The maximum atomic E-state index is 11.2. The molecule has 0 fully saturated rings. The van der Waals surface area contributed by atoms with Crippen molar-refractivity contribution < 1.29 is 4.79 Å². The predicted molar refractivity (Wildman–Crippen MR) is 110 cm³/mol. The molecule has 1 heterocycles. The summed E-state index contributed by atoms with van der Waals surface area (Å²) in [5, 5.41) is 3.65. The minimum atomic E-state index is -0.246. The number of hydrogen-bond acceptors (Lipinski definition) is 7. The molecular weight excluding hydrogens is 428 g/mol. The van der Waals surface area contributed by atoms with Crippen LogP contribution in [0.1, 0.15) is 12.5 Å². The summed E-state index contributed by atoms with van der Waals surface area (Å²) in [5.74, 6) is 0.363. The van der Waals surface area contributed by atoms with Gasteiger partial charge in [0.15, 0.2) is 5.16 Å². The molecule has 0 spiro atoms. The largest absolute Gasteiger partial charge is 0.324 e. The molecule has 0 saturated heterocycles. The molecule has 0 radical (unpaired) electrons. The van der Waals surface area contributed by atoms with E-state index < -0.39 is 0 Å². The zero-order chi connectivity index (χ0) is 19.2. The van der Waals surface area contributed by atoms with Crippen molar-refractivity contribution in [3.05, 3.63) is 58.6 Å². The third-order valence-corrected chi connectivity index (χ3v) is 4.64. The highest BCUT2D eigenvalue weighted by Gasteiger charge is 2.09. The van der Waals surface area contributed by atoms with Gasteiger partial charge < -0.3 is 5.32 Å². The van der Waals surface area contributed by atoms with Crippen LogP contribution in [0.5, 0.6) is 0 Å². The Balaban J connectivity index is 1.87. The van der Waals surface area contributed by atoms with E-state index in [2.05, 4.69) is 47.1 Å². The van der Waals surface area contributed by atoms with E-state index in [1.54, 1.807) is 0 Å². The molecule has 3 rings (SSSR count). The average Bonchev–Trinajstić information content (AvgIpc) is 2.62. The van der Waals surface area contributed by atoms with Crippen molar-refractivity contribution in [1.29, 1.82) is 0 Å². The van der Waals surface area contributed by atoms with E-state index in [1.165, 1.54) is 24.2 Å². The molecule has 2 aromatic carbocycles. The molecule has 9 heteroatoms. The molecule has 1 amide bonds. The number of amides is 1. The van der Waals surface area contributed by atoms with Gasteiger partial charge in [0.1, 0.15) is 0 Å². The summed E-state index contributed by atoms with van der Waals surface area (Å²) in [6.07, 6.45) is 0. The molecule has 7 nitrogen and oxygen atoms in total. The van der Waals surface area contributed by atoms with Crippen LogP contribution < -0.4 is 16.2 Å². The number of aryl methyl sites for hydroxylation is 1. The van der Waals surface area contributed by atoms with Gasteiger partial charge >= 0.3 is 0 Å². The first kappa shape index (κ1) is 19.1. The third kappa shape index (κ3) is 5.93. The monoisotopic (exact) mass is 444 g/mol. The van der Waals surface area contributed by atoms with Crippen LogP contribution in [0, 0.1) is 6.92 Å². The zero-order valence-corrected chi connectivity index (χ0v) is 17.1. The maximum Gasteiger partial charge on any atom is 0.247 e. The fourth-order valence-corrected chi connectivity index (χ4v) is 3.21. The van der Waals surface area contributed by atoms with Gasteiger partial charge in [-0.25, -0.2) is 0 Å². The Hall–Kier alpha value is -2.65. The quantitative estimate of drug-likeness (QED) is 0.488. The number of nitrogens with zero attached hydrogens (tertiary/aromatic N) is 3. The van der Waals surface area contributed by atoms with Crippen molar-refractivity contribution in [2.24, 2.45) is 0 Å². The Labute approximate surface area is 169 Å². The smallest absolute Gasteiger partial charge is 0.247 e. The van der Waals surface area contributed by atoms with E-state index >= 15 is 0 Å². The van der Waals surface area contributed by atoms with Crippen LogP contribution in [-0.2, 0) is 4.79 Å². The first-order chi connectivity index (χ1) is 13.0. The van der Waals surface area contributed by atoms with Gasteiger partial charge in [-0.05, 0) is 49.0 Å². The number of nitrogens with one attached hydrogen (secondary N) is 3. The molecule has 3 aromatic rings. The number of aromatic nitrogens is 3. The highest BCUT2D eigenvalue weighted by molar-refractivity contribution is 9.10. The first-order valence-corrected chi connectivity index (χ1v) is 9.65.